The van der Waals surface area contributed by atoms with Crippen molar-refractivity contribution in [2.45, 2.75) is 33.2 Å². The van der Waals surface area contributed by atoms with E-state index in [1.165, 1.54) is 17.7 Å². The number of hydrogen-bond acceptors (Lipinski definition) is 4. The molecular weight excluding hydrogens is 365 g/mol. The van der Waals surface area contributed by atoms with Crippen molar-refractivity contribution in [2.24, 2.45) is 5.92 Å². The van der Waals surface area contributed by atoms with Crippen LogP contribution in [0, 0.1) is 11.7 Å². The van der Waals surface area contributed by atoms with Crippen LogP contribution in [0.4, 0.5) is 10.1 Å². The van der Waals surface area contributed by atoms with Crippen LogP contribution in [0.1, 0.15) is 31.4 Å². The van der Waals surface area contributed by atoms with Crippen LogP contribution in [0.25, 0.3) is 10.9 Å². The van der Waals surface area contributed by atoms with Crippen LogP contribution in [0.2, 0.25) is 0 Å². The van der Waals surface area contributed by atoms with E-state index in [9.17, 15) is 4.39 Å². The lowest BCUT2D eigenvalue weighted by Crippen LogP contribution is -2.18. The number of nitrogens with zero attached hydrogens (tertiary/aromatic N) is 1. The van der Waals surface area contributed by atoms with Gasteiger partial charge >= 0.3 is 0 Å². The summed E-state index contributed by atoms with van der Waals surface area (Å²) in [7, 11) is 1.60. The number of pyridine rings is 1. The number of fused-ring (bicyclic) bond motifs is 1. The maximum absolute atomic E-state index is 13.4. The zero-order valence-electron chi connectivity index (χ0n) is 17.5. The number of nitrogens with one attached hydrogen (secondary N) is 2. The second-order valence-electron chi connectivity index (χ2n) is 7.72. The lowest BCUT2D eigenvalue weighted by molar-refractivity contribution is 0.406. The second kappa shape index (κ2) is 10.2. The van der Waals surface area contributed by atoms with E-state index in [-0.39, 0.29) is 5.82 Å². The van der Waals surface area contributed by atoms with Gasteiger partial charge in [-0.1, -0.05) is 26.0 Å². The van der Waals surface area contributed by atoms with Crippen molar-refractivity contribution in [3.63, 3.8) is 0 Å². The average Bonchev–Trinajstić information content (AvgIpc) is 2.70. The molecule has 0 fully saturated rings. The molecular formula is C24H30FN3O. The van der Waals surface area contributed by atoms with Gasteiger partial charge in [0.25, 0.3) is 0 Å². The van der Waals surface area contributed by atoms with Gasteiger partial charge in [0.15, 0.2) is 0 Å². The molecule has 0 atom stereocenters. The van der Waals surface area contributed by atoms with Crippen LogP contribution in [0.15, 0.2) is 48.7 Å². The fraction of sp³-hybridized carbons (Fsp3) is 0.375. The maximum Gasteiger partial charge on any atom is 0.123 e. The lowest BCUT2D eigenvalue weighted by atomic mass is 10.0. The summed E-state index contributed by atoms with van der Waals surface area (Å²) in [4.78, 5) is 4.53. The molecule has 5 heteroatoms. The Bertz CT molecular complexity index is 943. The summed E-state index contributed by atoms with van der Waals surface area (Å²) in [6.45, 7) is 6.72. The number of hydrogen-bond donors (Lipinski definition) is 2. The van der Waals surface area contributed by atoms with Crippen molar-refractivity contribution in [1.82, 2.24) is 10.3 Å². The van der Waals surface area contributed by atoms with Gasteiger partial charge in [-0.05, 0) is 61.2 Å². The minimum atomic E-state index is -0.245. The number of rotatable bonds is 10. The Balaban J connectivity index is 1.49. The van der Waals surface area contributed by atoms with Gasteiger partial charge in [0.2, 0.25) is 0 Å². The highest BCUT2D eigenvalue weighted by Crippen LogP contribution is 2.23. The molecule has 0 radical (unpaired) electrons. The zero-order valence-corrected chi connectivity index (χ0v) is 17.5. The van der Waals surface area contributed by atoms with E-state index in [1.54, 1.807) is 13.2 Å². The number of anilines is 1. The molecule has 0 saturated heterocycles. The summed E-state index contributed by atoms with van der Waals surface area (Å²) in [6.07, 6.45) is 3.88. The van der Waals surface area contributed by atoms with Crippen LogP contribution in [-0.4, -0.2) is 25.2 Å². The van der Waals surface area contributed by atoms with Gasteiger partial charge in [-0.3, -0.25) is 4.98 Å². The predicted molar refractivity (Wildman–Crippen MR) is 118 cm³/mol. The van der Waals surface area contributed by atoms with E-state index in [4.69, 9.17) is 4.74 Å². The van der Waals surface area contributed by atoms with Gasteiger partial charge in [0.05, 0.1) is 12.6 Å². The molecule has 0 spiro atoms. The molecule has 154 valence electrons. The minimum absolute atomic E-state index is 0.245. The third-order valence-electron chi connectivity index (χ3n) is 4.85. The largest absolute Gasteiger partial charge is 0.496 e. The monoisotopic (exact) mass is 395 g/mol. The van der Waals surface area contributed by atoms with Crippen molar-refractivity contribution < 1.29 is 9.13 Å². The van der Waals surface area contributed by atoms with E-state index >= 15 is 0 Å². The molecule has 0 aliphatic carbocycles. The Morgan fingerprint density at radius 2 is 1.93 bits per heavy atom. The Hall–Kier alpha value is -2.66. The molecule has 0 amide bonds. The molecule has 0 unspecified atom stereocenters. The van der Waals surface area contributed by atoms with Crippen LogP contribution in [0.5, 0.6) is 5.75 Å². The molecule has 3 aromatic rings. The summed E-state index contributed by atoms with van der Waals surface area (Å²) in [5.74, 6) is 1.09. The molecule has 0 saturated carbocycles. The molecule has 4 nitrogen and oxygen atoms in total. The van der Waals surface area contributed by atoms with Gasteiger partial charge in [-0.15, -0.1) is 0 Å². The molecule has 3 rings (SSSR count). The summed E-state index contributed by atoms with van der Waals surface area (Å²) in [5.41, 5.74) is 4.30. The number of ether oxygens (including phenoxy) is 1. The number of halogens is 1. The maximum atomic E-state index is 13.4. The first-order chi connectivity index (χ1) is 14.1. The molecule has 29 heavy (non-hydrogen) atoms. The third kappa shape index (κ3) is 5.91. The SMILES string of the molecule is COc1ccc(F)cc1CNCCCNc1ccnc2cc(CC(C)C)ccc12. The number of methoxy groups -OCH3 is 1. The minimum Gasteiger partial charge on any atom is -0.496 e. The van der Waals surface area contributed by atoms with Gasteiger partial charge < -0.3 is 15.4 Å². The molecule has 2 aromatic carbocycles. The second-order valence-corrected chi connectivity index (χ2v) is 7.72. The van der Waals surface area contributed by atoms with E-state index in [2.05, 4.69) is 47.7 Å². The van der Waals surface area contributed by atoms with Crippen molar-refractivity contribution in [1.29, 1.82) is 0 Å². The normalized spacial score (nSPS) is 11.2. The Labute approximate surface area is 172 Å². The molecule has 0 aliphatic rings. The van der Waals surface area contributed by atoms with Crippen LogP contribution in [0.3, 0.4) is 0 Å². The highest BCUT2D eigenvalue weighted by Gasteiger charge is 2.06. The van der Waals surface area contributed by atoms with Gasteiger partial charge in [-0.25, -0.2) is 4.39 Å². The fourth-order valence-electron chi connectivity index (χ4n) is 3.49. The van der Waals surface area contributed by atoms with Crippen LogP contribution >= 0.6 is 0 Å². The van der Waals surface area contributed by atoms with Crippen molar-refractivity contribution in [3.05, 3.63) is 65.6 Å². The molecule has 1 heterocycles. The van der Waals surface area contributed by atoms with Crippen molar-refractivity contribution in [2.75, 3.05) is 25.5 Å². The summed E-state index contributed by atoms with van der Waals surface area (Å²) >= 11 is 0. The van der Waals surface area contributed by atoms with E-state index in [0.717, 1.165) is 48.1 Å². The van der Waals surface area contributed by atoms with Crippen molar-refractivity contribution in [3.8, 4) is 5.75 Å². The zero-order chi connectivity index (χ0) is 20.6. The van der Waals surface area contributed by atoms with E-state index < -0.39 is 0 Å². The van der Waals surface area contributed by atoms with E-state index in [0.29, 0.717) is 18.2 Å². The number of benzene rings is 2. The first-order valence-electron chi connectivity index (χ1n) is 10.2. The highest BCUT2D eigenvalue weighted by atomic mass is 19.1. The van der Waals surface area contributed by atoms with Crippen LogP contribution < -0.4 is 15.4 Å². The first kappa shape index (κ1) is 21.1. The smallest absolute Gasteiger partial charge is 0.123 e. The highest BCUT2D eigenvalue weighted by molar-refractivity contribution is 5.91. The van der Waals surface area contributed by atoms with Gasteiger partial charge in [0.1, 0.15) is 11.6 Å². The molecule has 0 bridgehead atoms. The standard InChI is InChI=1S/C24H30FN3O/c1-17(2)13-18-5-7-21-22(9-12-28-23(21)14-18)27-11-4-10-26-16-19-15-20(25)6-8-24(19)29-3/h5-9,12,14-15,17,26H,4,10-11,13,16H2,1-3H3,(H,27,28). The Morgan fingerprint density at radius 3 is 2.72 bits per heavy atom. The van der Waals surface area contributed by atoms with Crippen molar-refractivity contribution >= 4 is 16.6 Å². The summed E-state index contributed by atoms with van der Waals surface area (Å²) < 4.78 is 18.7. The molecule has 0 aliphatic heterocycles. The Morgan fingerprint density at radius 1 is 1.07 bits per heavy atom. The quantitative estimate of drug-likeness (QED) is 0.465. The number of aromatic nitrogens is 1. The first-order valence-corrected chi connectivity index (χ1v) is 10.2. The predicted octanol–water partition coefficient (Wildman–Crippen LogP) is 5.17. The topological polar surface area (TPSA) is 46.2 Å². The fourth-order valence-corrected chi connectivity index (χ4v) is 3.49. The average molecular weight is 396 g/mol. The van der Waals surface area contributed by atoms with Gasteiger partial charge in [-0.2, -0.15) is 0 Å². The van der Waals surface area contributed by atoms with Crippen LogP contribution in [-0.2, 0) is 13.0 Å². The molecule has 1 aromatic heterocycles. The summed E-state index contributed by atoms with van der Waals surface area (Å²) in [5, 5.41) is 8.02. The lowest BCUT2D eigenvalue weighted by Gasteiger charge is -2.12. The summed E-state index contributed by atoms with van der Waals surface area (Å²) in [6, 6.07) is 13.2. The Kier molecular flexibility index (Phi) is 7.42. The van der Waals surface area contributed by atoms with Gasteiger partial charge in [0, 0.05) is 35.9 Å². The van der Waals surface area contributed by atoms with E-state index in [1.807, 2.05) is 12.3 Å². The molecule has 2 N–H and O–H groups in total. The third-order valence-corrected chi connectivity index (χ3v) is 4.85.